The summed E-state index contributed by atoms with van der Waals surface area (Å²) < 4.78 is 0. The molecule has 2 heterocycles. The third-order valence-corrected chi connectivity index (χ3v) is 4.17. The molecule has 1 fully saturated rings. The first kappa shape index (κ1) is 17.2. The fraction of sp³-hybridized carbons (Fsp3) is 0.294. The van der Waals surface area contributed by atoms with E-state index in [0.29, 0.717) is 23.3 Å². The Morgan fingerprint density at radius 1 is 1.36 bits per heavy atom. The summed E-state index contributed by atoms with van der Waals surface area (Å²) in [6, 6.07) is 7.40. The lowest BCUT2D eigenvalue weighted by Crippen LogP contribution is -2.44. The van der Waals surface area contributed by atoms with Gasteiger partial charge in [0, 0.05) is 29.8 Å². The number of nitrogens with zero attached hydrogens (tertiary/aromatic N) is 4. The molecule has 0 spiro atoms. The molecule has 1 amide bonds. The fourth-order valence-corrected chi connectivity index (χ4v) is 2.84. The summed E-state index contributed by atoms with van der Waals surface area (Å²) in [5.41, 5.74) is 0.858. The first-order valence-electron chi connectivity index (χ1n) is 8.04. The normalized spacial score (nSPS) is 17.0. The molecule has 0 aliphatic carbocycles. The van der Waals surface area contributed by atoms with Gasteiger partial charge in [0.05, 0.1) is 6.20 Å². The van der Waals surface area contributed by atoms with Crippen molar-refractivity contribution < 1.29 is 4.79 Å². The van der Waals surface area contributed by atoms with Crippen LogP contribution in [0.5, 0.6) is 0 Å². The number of benzene rings is 1. The first-order valence-corrected chi connectivity index (χ1v) is 8.42. The van der Waals surface area contributed by atoms with Gasteiger partial charge in [-0.15, -0.1) is 5.10 Å². The molecule has 3 rings (SSSR count). The minimum Gasteiger partial charge on any atom is -0.348 e. The van der Waals surface area contributed by atoms with Crippen molar-refractivity contribution >= 4 is 35.0 Å². The molecule has 25 heavy (non-hydrogen) atoms. The van der Waals surface area contributed by atoms with Crippen molar-refractivity contribution in [3.05, 3.63) is 48.1 Å². The molecule has 0 bridgehead atoms. The molecule has 0 radical (unpaired) electrons. The van der Waals surface area contributed by atoms with Crippen LogP contribution in [0.15, 0.2) is 43.1 Å². The number of nitrogens with one attached hydrogen (secondary N) is 2. The Bertz CT molecular complexity index is 751. The van der Waals surface area contributed by atoms with Gasteiger partial charge < -0.3 is 15.5 Å². The molecular weight excluding hydrogens is 340 g/mol. The summed E-state index contributed by atoms with van der Waals surface area (Å²) in [6.07, 6.45) is 4.76. The highest BCUT2D eigenvalue weighted by molar-refractivity contribution is 6.30. The zero-order valence-corrected chi connectivity index (χ0v) is 14.4. The van der Waals surface area contributed by atoms with Gasteiger partial charge in [-0.25, -0.2) is 0 Å². The number of anilines is 3. The lowest BCUT2D eigenvalue weighted by molar-refractivity contribution is -0.127. The molecular formula is C17H19ClN6O. The Kier molecular flexibility index (Phi) is 5.45. The number of amides is 1. The molecule has 1 aromatic carbocycles. The van der Waals surface area contributed by atoms with Crippen molar-refractivity contribution in [2.45, 2.75) is 18.9 Å². The number of rotatable bonds is 5. The highest BCUT2D eigenvalue weighted by atomic mass is 35.5. The zero-order chi connectivity index (χ0) is 17.6. The molecule has 1 aromatic heterocycles. The van der Waals surface area contributed by atoms with Gasteiger partial charge in [0.15, 0.2) is 5.82 Å². The molecule has 1 unspecified atom stereocenters. The van der Waals surface area contributed by atoms with Gasteiger partial charge in [-0.1, -0.05) is 18.2 Å². The van der Waals surface area contributed by atoms with Crippen molar-refractivity contribution in [2.24, 2.45) is 0 Å². The lowest BCUT2D eigenvalue weighted by atomic mass is 10.1. The van der Waals surface area contributed by atoms with E-state index >= 15 is 0 Å². The number of halogens is 1. The molecule has 1 aliphatic heterocycles. The van der Waals surface area contributed by atoms with E-state index in [9.17, 15) is 4.79 Å². The number of hydrogen-bond acceptors (Lipinski definition) is 6. The van der Waals surface area contributed by atoms with E-state index in [4.69, 9.17) is 11.6 Å². The zero-order valence-electron chi connectivity index (χ0n) is 13.7. The van der Waals surface area contributed by atoms with Crippen molar-refractivity contribution in [1.82, 2.24) is 20.1 Å². The molecule has 1 atom stereocenters. The van der Waals surface area contributed by atoms with Gasteiger partial charge in [-0.2, -0.15) is 10.1 Å². The highest BCUT2D eigenvalue weighted by Gasteiger charge is 2.22. The van der Waals surface area contributed by atoms with Crippen molar-refractivity contribution in [2.75, 3.05) is 23.7 Å². The number of carbonyl (C=O) groups excluding carboxylic acids is 1. The van der Waals surface area contributed by atoms with Gasteiger partial charge in [-0.3, -0.25) is 4.79 Å². The predicted octanol–water partition coefficient (Wildman–Crippen LogP) is 2.86. The van der Waals surface area contributed by atoms with Crippen molar-refractivity contribution in [3.63, 3.8) is 0 Å². The van der Waals surface area contributed by atoms with E-state index in [2.05, 4.69) is 32.4 Å². The summed E-state index contributed by atoms with van der Waals surface area (Å²) in [4.78, 5) is 18.0. The summed E-state index contributed by atoms with van der Waals surface area (Å²) >= 11 is 5.88. The van der Waals surface area contributed by atoms with Gasteiger partial charge >= 0.3 is 0 Å². The number of hydrogen-bond donors (Lipinski definition) is 2. The Hall–Kier alpha value is -2.67. The van der Waals surface area contributed by atoms with E-state index in [-0.39, 0.29) is 11.9 Å². The molecule has 0 saturated carbocycles. The van der Waals surface area contributed by atoms with E-state index in [0.717, 1.165) is 25.1 Å². The minimum atomic E-state index is -0.0521. The molecule has 1 aliphatic rings. The number of piperidine rings is 1. The van der Waals surface area contributed by atoms with Crippen LogP contribution < -0.4 is 10.6 Å². The maximum Gasteiger partial charge on any atom is 0.246 e. The Morgan fingerprint density at radius 3 is 2.92 bits per heavy atom. The number of likely N-dealkylation sites (tertiary alicyclic amines) is 1. The van der Waals surface area contributed by atoms with Gasteiger partial charge in [0.25, 0.3) is 0 Å². The Labute approximate surface area is 151 Å². The first-order chi connectivity index (χ1) is 12.1. The van der Waals surface area contributed by atoms with Gasteiger partial charge in [0.2, 0.25) is 11.9 Å². The van der Waals surface area contributed by atoms with Crippen LogP contribution in [0.4, 0.5) is 17.5 Å². The van der Waals surface area contributed by atoms with Gasteiger partial charge in [0.1, 0.15) is 0 Å². The minimum absolute atomic E-state index is 0.0521. The maximum atomic E-state index is 11.8. The second-order valence-corrected chi connectivity index (χ2v) is 6.21. The van der Waals surface area contributed by atoms with Crippen LogP contribution in [-0.4, -0.2) is 45.1 Å². The molecule has 2 aromatic rings. The largest absolute Gasteiger partial charge is 0.348 e. The molecule has 7 nitrogen and oxygen atoms in total. The monoisotopic (exact) mass is 358 g/mol. The summed E-state index contributed by atoms with van der Waals surface area (Å²) in [5, 5.41) is 15.1. The number of carbonyl (C=O) groups is 1. The standard InChI is InChI=1S/C17H19ClN6O/c1-2-16(25)24-9-3-4-14(11-24)21-17-22-15(10-19-23-17)20-13-7-5-12(18)6-8-13/h2,5-8,10,14H,1,3-4,9,11H2,(H2,20,21,22,23). The molecule has 8 heteroatoms. The maximum absolute atomic E-state index is 11.8. The van der Waals surface area contributed by atoms with Gasteiger partial charge in [-0.05, 0) is 43.2 Å². The molecule has 130 valence electrons. The quantitative estimate of drug-likeness (QED) is 0.800. The molecule has 2 N–H and O–H groups in total. The van der Waals surface area contributed by atoms with Crippen LogP contribution in [0.3, 0.4) is 0 Å². The number of aromatic nitrogens is 3. The Balaban J connectivity index is 1.64. The average Bonchev–Trinajstić information content (AvgIpc) is 2.63. The van der Waals surface area contributed by atoms with Crippen LogP contribution in [0.2, 0.25) is 5.02 Å². The smallest absolute Gasteiger partial charge is 0.246 e. The SMILES string of the molecule is C=CC(=O)N1CCCC(Nc2nncc(Nc3ccc(Cl)cc3)n2)C1. The topological polar surface area (TPSA) is 83.0 Å². The van der Waals surface area contributed by atoms with Crippen molar-refractivity contribution in [3.8, 4) is 0 Å². The van der Waals surface area contributed by atoms with E-state index in [1.807, 2.05) is 12.1 Å². The van der Waals surface area contributed by atoms with Crippen molar-refractivity contribution in [1.29, 1.82) is 0 Å². The van der Waals surface area contributed by atoms with Crippen LogP contribution in [0.1, 0.15) is 12.8 Å². The second kappa shape index (κ2) is 7.94. The second-order valence-electron chi connectivity index (χ2n) is 5.77. The fourth-order valence-electron chi connectivity index (χ4n) is 2.71. The third kappa shape index (κ3) is 4.67. The Morgan fingerprint density at radius 2 is 2.16 bits per heavy atom. The summed E-state index contributed by atoms with van der Waals surface area (Å²) in [6.45, 7) is 4.89. The average molecular weight is 359 g/mol. The summed E-state index contributed by atoms with van der Waals surface area (Å²) in [5.74, 6) is 0.954. The van der Waals surface area contributed by atoms with Crippen LogP contribution in [-0.2, 0) is 4.79 Å². The summed E-state index contributed by atoms with van der Waals surface area (Å²) in [7, 11) is 0. The highest BCUT2D eigenvalue weighted by Crippen LogP contribution is 2.18. The van der Waals surface area contributed by atoms with E-state index in [1.165, 1.54) is 6.08 Å². The van der Waals surface area contributed by atoms with E-state index in [1.54, 1.807) is 23.2 Å². The molecule has 1 saturated heterocycles. The van der Waals surface area contributed by atoms with Crippen LogP contribution in [0, 0.1) is 0 Å². The lowest BCUT2D eigenvalue weighted by Gasteiger charge is -2.32. The van der Waals surface area contributed by atoms with E-state index < -0.39 is 0 Å². The third-order valence-electron chi connectivity index (χ3n) is 3.92. The van der Waals surface area contributed by atoms with Crippen LogP contribution >= 0.6 is 11.6 Å². The van der Waals surface area contributed by atoms with Crippen LogP contribution in [0.25, 0.3) is 0 Å². The predicted molar refractivity (Wildman–Crippen MR) is 98.0 cm³/mol.